The molecule has 0 fully saturated rings. The van der Waals surface area contributed by atoms with Gasteiger partial charge < -0.3 is 4.48 Å². The minimum absolute atomic E-state index is 0.145. The Hall–Kier alpha value is 0.500. The molecule has 0 aliphatic carbocycles. The van der Waals surface area contributed by atoms with E-state index in [0.29, 0.717) is 0 Å². The molecule has 0 spiro atoms. The lowest BCUT2D eigenvalue weighted by atomic mass is 10.0. The highest BCUT2D eigenvalue weighted by Gasteiger charge is 2.27. The van der Waals surface area contributed by atoms with Gasteiger partial charge in [-0.15, -0.1) is 3.94 Å². The Morgan fingerprint density at radius 3 is 2.00 bits per heavy atom. The van der Waals surface area contributed by atoms with Crippen molar-refractivity contribution in [3.8, 4) is 0 Å². The smallest absolute Gasteiger partial charge is 0.0801 e. The molecule has 13 heavy (non-hydrogen) atoms. The summed E-state index contributed by atoms with van der Waals surface area (Å²) in [5, 5.41) is 0. The average molecular weight is 228 g/mol. The maximum atomic E-state index is 5.73. The summed E-state index contributed by atoms with van der Waals surface area (Å²) in [5.41, 5.74) is -0.145. The van der Waals surface area contributed by atoms with Crippen LogP contribution in [0.2, 0.25) is 0 Å². The van der Waals surface area contributed by atoms with Gasteiger partial charge in [0, 0.05) is 6.42 Å². The van der Waals surface area contributed by atoms with Crippen LogP contribution in [0, 0.1) is 0 Å². The van der Waals surface area contributed by atoms with Crippen LogP contribution >= 0.6 is 23.6 Å². The SMILES string of the molecule is CC[N+](C)(C)CCC(C)(C)N(Cl)Cl. The van der Waals surface area contributed by atoms with Gasteiger partial charge in [-0.2, -0.15) is 0 Å². The van der Waals surface area contributed by atoms with E-state index < -0.39 is 0 Å². The molecule has 0 saturated carbocycles. The average Bonchev–Trinajstić information content (AvgIpc) is 2.01. The summed E-state index contributed by atoms with van der Waals surface area (Å²) in [4.78, 5) is 0. The summed E-state index contributed by atoms with van der Waals surface area (Å²) >= 11 is 11.5. The Balaban J connectivity index is 4.02. The van der Waals surface area contributed by atoms with Crippen LogP contribution in [0.15, 0.2) is 0 Å². The monoisotopic (exact) mass is 227 g/mol. The summed E-state index contributed by atoms with van der Waals surface area (Å²) in [6.45, 7) is 8.48. The van der Waals surface area contributed by atoms with Crippen LogP contribution < -0.4 is 0 Å². The number of rotatable bonds is 5. The normalized spacial score (nSPS) is 13.8. The minimum Gasteiger partial charge on any atom is -0.329 e. The van der Waals surface area contributed by atoms with Crippen molar-refractivity contribution in [2.75, 3.05) is 27.2 Å². The third kappa shape index (κ3) is 5.06. The van der Waals surface area contributed by atoms with E-state index >= 15 is 0 Å². The summed E-state index contributed by atoms with van der Waals surface area (Å²) in [6, 6.07) is 0. The molecule has 80 valence electrons. The lowest BCUT2D eigenvalue weighted by Crippen LogP contribution is -2.44. The van der Waals surface area contributed by atoms with Crippen LogP contribution in [0.3, 0.4) is 0 Å². The van der Waals surface area contributed by atoms with E-state index in [0.717, 1.165) is 24.0 Å². The molecule has 0 aromatic heterocycles. The molecular formula is C9H21Cl2N2+. The van der Waals surface area contributed by atoms with Crippen LogP contribution in [0.4, 0.5) is 0 Å². The third-order valence-corrected chi connectivity index (χ3v) is 3.56. The molecule has 0 aromatic carbocycles. The zero-order chi connectivity index (χ0) is 10.7. The third-order valence-electron chi connectivity index (χ3n) is 2.64. The van der Waals surface area contributed by atoms with Crippen molar-refractivity contribution in [2.24, 2.45) is 0 Å². The molecule has 0 radical (unpaired) electrons. The van der Waals surface area contributed by atoms with E-state index in [1.807, 2.05) is 13.8 Å². The molecule has 2 nitrogen and oxygen atoms in total. The van der Waals surface area contributed by atoms with Crippen molar-refractivity contribution < 1.29 is 4.48 Å². The largest absolute Gasteiger partial charge is 0.329 e. The molecule has 0 aliphatic heterocycles. The van der Waals surface area contributed by atoms with E-state index in [1.165, 1.54) is 3.94 Å². The van der Waals surface area contributed by atoms with E-state index in [1.54, 1.807) is 0 Å². The summed E-state index contributed by atoms with van der Waals surface area (Å²) in [6.07, 6.45) is 0.987. The van der Waals surface area contributed by atoms with Gasteiger partial charge in [0.2, 0.25) is 0 Å². The minimum atomic E-state index is -0.145. The molecule has 0 amide bonds. The van der Waals surface area contributed by atoms with Gasteiger partial charge in [-0.3, -0.25) is 0 Å². The fraction of sp³-hybridized carbons (Fsp3) is 1.00. The van der Waals surface area contributed by atoms with Crippen LogP contribution in [0.5, 0.6) is 0 Å². The van der Waals surface area contributed by atoms with E-state index in [2.05, 4.69) is 21.0 Å². The zero-order valence-electron chi connectivity index (χ0n) is 9.27. The molecule has 0 rings (SSSR count). The maximum Gasteiger partial charge on any atom is 0.0801 e. The number of hydrogen-bond acceptors (Lipinski definition) is 1. The van der Waals surface area contributed by atoms with Gasteiger partial charge in [-0.05, 0) is 44.3 Å². The quantitative estimate of drug-likeness (QED) is 0.516. The van der Waals surface area contributed by atoms with Gasteiger partial charge in [0.05, 0.1) is 32.7 Å². The first kappa shape index (κ1) is 13.5. The zero-order valence-corrected chi connectivity index (χ0v) is 10.8. The van der Waals surface area contributed by atoms with Crippen LogP contribution in [-0.2, 0) is 0 Å². The van der Waals surface area contributed by atoms with Gasteiger partial charge in [-0.1, -0.05) is 0 Å². The summed E-state index contributed by atoms with van der Waals surface area (Å²) in [5.74, 6) is 0. The van der Waals surface area contributed by atoms with Crippen molar-refractivity contribution in [1.82, 2.24) is 3.94 Å². The van der Waals surface area contributed by atoms with Gasteiger partial charge in [0.25, 0.3) is 0 Å². The Bertz CT molecular complexity index is 156. The molecule has 0 aromatic rings. The van der Waals surface area contributed by atoms with Crippen molar-refractivity contribution in [3.05, 3.63) is 0 Å². The van der Waals surface area contributed by atoms with Crippen LogP contribution in [0.1, 0.15) is 27.2 Å². The highest BCUT2D eigenvalue weighted by molar-refractivity contribution is 6.34. The summed E-state index contributed by atoms with van der Waals surface area (Å²) in [7, 11) is 4.42. The highest BCUT2D eigenvalue weighted by Crippen LogP contribution is 2.24. The Labute approximate surface area is 92.2 Å². The van der Waals surface area contributed by atoms with E-state index in [-0.39, 0.29) is 5.54 Å². The molecule has 0 aliphatic rings. The van der Waals surface area contributed by atoms with Gasteiger partial charge >= 0.3 is 0 Å². The van der Waals surface area contributed by atoms with Crippen molar-refractivity contribution in [1.29, 1.82) is 0 Å². The number of nitrogens with zero attached hydrogens (tertiary/aromatic N) is 2. The van der Waals surface area contributed by atoms with Gasteiger partial charge in [-0.25, -0.2) is 0 Å². The topological polar surface area (TPSA) is 3.24 Å². The number of quaternary nitrogens is 1. The number of halogens is 2. The Morgan fingerprint density at radius 1 is 1.23 bits per heavy atom. The molecule has 4 heteroatoms. The number of hydrogen-bond donors (Lipinski definition) is 0. The maximum absolute atomic E-state index is 5.73. The second-order valence-corrected chi connectivity index (χ2v) is 5.62. The first-order valence-corrected chi connectivity index (χ1v) is 5.33. The molecule has 0 heterocycles. The molecule has 0 N–H and O–H groups in total. The van der Waals surface area contributed by atoms with Crippen LogP contribution in [0.25, 0.3) is 0 Å². The first-order valence-electron chi connectivity index (χ1n) is 4.65. The lowest BCUT2D eigenvalue weighted by molar-refractivity contribution is -0.889. The first-order chi connectivity index (χ1) is 5.71. The van der Waals surface area contributed by atoms with E-state index in [4.69, 9.17) is 23.6 Å². The summed E-state index contributed by atoms with van der Waals surface area (Å²) < 4.78 is 2.26. The lowest BCUT2D eigenvalue weighted by Gasteiger charge is -2.34. The molecular weight excluding hydrogens is 207 g/mol. The molecule has 0 bridgehead atoms. The van der Waals surface area contributed by atoms with Crippen molar-refractivity contribution in [2.45, 2.75) is 32.7 Å². The second-order valence-electron chi connectivity index (χ2n) is 4.77. The van der Waals surface area contributed by atoms with Crippen molar-refractivity contribution in [3.63, 3.8) is 0 Å². The highest BCUT2D eigenvalue weighted by atomic mass is 35.5. The molecule has 0 atom stereocenters. The van der Waals surface area contributed by atoms with Crippen LogP contribution in [-0.4, -0.2) is 41.1 Å². The molecule has 0 unspecified atom stereocenters. The predicted octanol–water partition coefficient (Wildman–Crippen LogP) is 2.86. The molecule has 0 saturated heterocycles. The Morgan fingerprint density at radius 2 is 1.69 bits per heavy atom. The standard InChI is InChI=1S/C9H21Cl2N2/c1-6-13(4,5)8-7-9(2,3)12(10)11/h6-8H2,1-5H3/q+1. The van der Waals surface area contributed by atoms with Gasteiger partial charge in [0.15, 0.2) is 0 Å². The van der Waals surface area contributed by atoms with E-state index in [9.17, 15) is 0 Å². The second kappa shape index (κ2) is 4.83. The Kier molecular flexibility index (Phi) is 5.02. The predicted molar refractivity (Wildman–Crippen MR) is 59.8 cm³/mol. The fourth-order valence-electron chi connectivity index (χ4n) is 0.819. The van der Waals surface area contributed by atoms with Gasteiger partial charge in [0.1, 0.15) is 0 Å². The van der Waals surface area contributed by atoms with Crippen molar-refractivity contribution >= 4 is 23.6 Å². The fourth-order valence-corrected chi connectivity index (χ4v) is 0.988.